The zero-order valence-electron chi connectivity index (χ0n) is 28.4. The first kappa shape index (κ1) is 40.6. The van der Waals surface area contributed by atoms with Crippen LogP contribution < -0.4 is 20.2 Å². The number of rotatable bonds is 7. The Balaban J connectivity index is 0.000000208. The third kappa shape index (κ3) is 9.59. The summed E-state index contributed by atoms with van der Waals surface area (Å²) in [6, 6.07) is 10.3. The van der Waals surface area contributed by atoms with Crippen LogP contribution in [0.5, 0.6) is 0 Å². The first-order chi connectivity index (χ1) is 25.1. The number of hydrogen-bond acceptors (Lipinski definition) is 6. The molecule has 53 heavy (non-hydrogen) atoms. The molecular formula is C36H33ClF6N4O3S3. The summed E-state index contributed by atoms with van der Waals surface area (Å²) < 4.78 is 96.5. The maximum Gasteiger partial charge on any atom is 0.256 e. The maximum atomic E-state index is 14.7. The van der Waals surface area contributed by atoms with E-state index in [1.807, 2.05) is 20.8 Å². The lowest BCUT2D eigenvalue weighted by Gasteiger charge is -2.30. The van der Waals surface area contributed by atoms with Crippen molar-refractivity contribution < 1.29 is 40.1 Å². The summed E-state index contributed by atoms with van der Waals surface area (Å²) in [6.07, 6.45) is 1.19. The molecule has 0 bridgehead atoms. The molecule has 0 radical (unpaired) electrons. The fourth-order valence-corrected chi connectivity index (χ4v) is 9.00. The van der Waals surface area contributed by atoms with E-state index in [2.05, 4.69) is 20.2 Å². The van der Waals surface area contributed by atoms with Gasteiger partial charge in [-0.25, -0.2) is 40.1 Å². The van der Waals surface area contributed by atoms with Crippen LogP contribution in [0.3, 0.4) is 0 Å². The molecule has 0 fully saturated rings. The van der Waals surface area contributed by atoms with E-state index >= 15 is 0 Å². The van der Waals surface area contributed by atoms with E-state index in [1.165, 1.54) is 59.9 Å². The SMILES string of the molecule is CC(C)(C)[S@](=O)NC1CCSc2c(C(=O)Nc3ccc(F)c(F)c3)ccc(F)c21.O=C(Nc1ccc(F)c(F)c1)c1ccc(F)c2c1SCCC2NCl. The van der Waals surface area contributed by atoms with Gasteiger partial charge in [-0.05, 0) is 105 Å². The van der Waals surface area contributed by atoms with Gasteiger partial charge in [0.05, 0.1) is 32.9 Å². The van der Waals surface area contributed by atoms with Gasteiger partial charge in [0.15, 0.2) is 23.3 Å². The zero-order chi connectivity index (χ0) is 38.6. The average Bonchev–Trinajstić information content (AvgIpc) is 3.11. The number of anilines is 2. The predicted octanol–water partition coefficient (Wildman–Crippen LogP) is 9.58. The quantitative estimate of drug-likeness (QED) is 0.110. The van der Waals surface area contributed by atoms with Gasteiger partial charge in [0, 0.05) is 50.5 Å². The molecule has 17 heteroatoms. The summed E-state index contributed by atoms with van der Waals surface area (Å²) in [4.78, 5) is 28.7. The Morgan fingerprint density at radius 3 is 1.49 bits per heavy atom. The van der Waals surface area contributed by atoms with Crippen LogP contribution in [0.25, 0.3) is 0 Å². The number of nitrogens with one attached hydrogen (secondary N) is 4. The van der Waals surface area contributed by atoms with Gasteiger partial charge in [0.2, 0.25) is 0 Å². The highest BCUT2D eigenvalue weighted by Gasteiger charge is 2.32. The Morgan fingerprint density at radius 1 is 0.660 bits per heavy atom. The molecule has 0 aromatic heterocycles. The lowest BCUT2D eigenvalue weighted by molar-refractivity contribution is 0.101. The summed E-state index contributed by atoms with van der Waals surface area (Å²) in [5.41, 5.74) is 1.35. The lowest BCUT2D eigenvalue weighted by atomic mass is 10.0. The minimum Gasteiger partial charge on any atom is -0.322 e. The van der Waals surface area contributed by atoms with Crippen LogP contribution in [0.4, 0.5) is 37.7 Å². The van der Waals surface area contributed by atoms with E-state index in [-0.39, 0.29) is 28.5 Å². The molecular weight excluding hydrogens is 782 g/mol. The van der Waals surface area contributed by atoms with Crippen molar-refractivity contribution in [3.63, 3.8) is 0 Å². The second kappa shape index (κ2) is 17.3. The maximum absolute atomic E-state index is 14.7. The van der Waals surface area contributed by atoms with Crippen molar-refractivity contribution in [2.45, 2.75) is 60.2 Å². The lowest BCUT2D eigenvalue weighted by Crippen LogP contribution is -2.37. The number of carbonyl (C=O) groups excluding carboxylic acids is 2. The van der Waals surface area contributed by atoms with E-state index in [9.17, 15) is 40.1 Å². The summed E-state index contributed by atoms with van der Waals surface area (Å²) in [6.45, 7) is 5.45. The Morgan fingerprint density at radius 2 is 1.08 bits per heavy atom. The van der Waals surface area contributed by atoms with Crippen molar-refractivity contribution >= 4 is 69.5 Å². The molecule has 2 heterocycles. The van der Waals surface area contributed by atoms with E-state index in [1.54, 1.807) is 0 Å². The Labute approximate surface area is 318 Å². The first-order valence-electron chi connectivity index (χ1n) is 16.1. The van der Waals surface area contributed by atoms with Crippen LogP contribution in [0.15, 0.2) is 70.5 Å². The second-order valence-electron chi connectivity index (χ2n) is 12.8. The average molecular weight is 815 g/mol. The Hall–Kier alpha value is -3.54. The van der Waals surface area contributed by atoms with Gasteiger partial charge in [0.1, 0.15) is 11.6 Å². The molecule has 0 saturated carbocycles. The molecule has 2 amide bonds. The molecule has 0 aliphatic carbocycles. The van der Waals surface area contributed by atoms with Gasteiger partial charge in [-0.2, -0.15) is 0 Å². The van der Waals surface area contributed by atoms with E-state index in [0.29, 0.717) is 45.3 Å². The molecule has 282 valence electrons. The highest BCUT2D eigenvalue weighted by atomic mass is 35.5. The molecule has 2 aliphatic rings. The number of carbonyl (C=O) groups is 2. The molecule has 4 aromatic carbocycles. The van der Waals surface area contributed by atoms with Crippen LogP contribution in [-0.2, 0) is 11.0 Å². The van der Waals surface area contributed by atoms with Gasteiger partial charge in [-0.1, -0.05) is 0 Å². The molecule has 7 nitrogen and oxygen atoms in total. The van der Waals surface area contributed by atoms with Crippen molar-refractivity contribution in [1.29, 1.82) is 0 Å². The highest BCUT2D eigenvalue weighted by molar-refractivity contribution is 7.99. The minimum atomic E-state index is -1.41. The fourth-order valence-electron chi connectivity index (χ4n) is 5.39. The van der Waals surface area contributed by atoms with Crippen molar-refractivity contribution in [2.24, 2.45) is 0 Å². The molecule has 2 unspecified atom stereocenters. The molecule has 2 aliphatic heterocycles. The topological polar surface area (TPSA) is 99.3 Å². The normalized spacial score (nSPS) is 17.1. The number of halogens is 7. The summed E-state index contributed by atoms with van der Waals surface area (Å²) >= 11 is 8.37. The smallest absolute Gasteiger partial charge is 0.256 e. The molecule has 3 atom stereocenters. The molecule has 0 saturated heterocycles. The Kier molecular flexibility index (Phi) is 13.3. The summed E-state index contributed by atoms with van der Waals surface area (Å²) in [7, 11) is -1.41. The van der Waals surface area contributed by atoms with E-state index in [4.69, 9.17) is 11.8 Å². The number of hydrogen-bond donors (Lipinski definition) is 4. The third-order valence-corrected chi connectivity index (χ3v) is 12.3. The predicted molar refractivity (Wildman–Crippen MR) is 198 cm³/mol. The van der Waals surface area contributed by atoms with Gasteiger partial charge in [0.25, 0.3) is 11.8 Å². The van der Waals surface area contributed by atoms with Crippen molar-refractivity contribution in [2.75, 3.05) is 22.1 Å². The molecule has 6 rings (SSSR count). The largest absolute Gasteiger partial charge is 0.322 e. The monoisotopic (exact) mass is 814 g/mol. The van der Waals surface area contributed by atoms with Crippen LogP contribution in [-0.4, -0.2) is 32.3 Å². The van der Waals surface area contributed by atoms with Crippen LogP contribution in [0.1, 0.15) is 77.5 Å². The first-order valence-corrected chi connectivity index (χ1v) is 19.6. The Bertz CT molecular complexity index is 2070. The third-order valence-electron chi connectivity index (χ3n) is 8.07. The van der Waals surface area contributed by atoms with E-state index < -0.39 is 68.5 Å². The number of benzene rings is 4. The minimum absolute atomic E-state index is 0.0938. The summed E-state index contributed by atoms with van der Waals surface area (Å²) in [5, 5.41) is 5.01. The molecule has 4 aromatic rings. The number of amides is 2. The van der Waals surface area contributed by atoms with Gasteiger partial charge in [-0.15, -0.1) is 23.5 Å². The van der Waals surface area contributed by atoms with Crippen molar-refractivity contribution in [3.05, 3.63) is 118 Å². The van der Waals surface area contributed by atoms with Crippen LogP contribution in [0, 0.1) is 34.9 Å². The fraction of sp³-hybridized carbons (Fsp3) is 0.278. The molecule has 4 N–H and O–H groups in total. The van der Waals surface area contributed by atoms with Gasteiger partial charge in [-0.3, -0.25) is 9.59 Å². The summed E-state index contributed by atoms with van der Waals surface area (Å²) in [5.74, 6) is -4.89. The highest BCUT2D eigenvalue weighted by Crippen LogP contribution is 2.42. The van der Waals surface area contributed by atoms with Crippen molar-refractivity contribution in [3.8, 4) is 0 Å². The second-order valence-corrected chi connectivity index (χ2v) is 17.3. The van der Waals surface area contributed by atoms with Crippen molar-refractivity contribution in [1.82, 2.24) is 9.56 Å². The zero-order valence-corrected chi connectivity index (χ0v) is 31.6. The van der Waals surface area contributed by atoms with Crippen LogP contribution in [0.2, 0.25) is 0 Å². The van der Waals surface area contributed by atoms with Crippen LogP contribution >= 0.6 is 35.3 Å². The van der Waals surface area contributed by atoms with Gasteiger partial charge >= 0.3 is 0 Å². The number of thioether (sulfide) groups is 2. The van der Waals surface area contributed by atoms with Gasteiger partial charge < -0.3 is 10.6 Å². The standard InChI is InChI=1S/C20H21F3N2O2S2.C16H12ClF3N2OS/c1-20(2,3)29(27)25-16-8-9-28-18-12(5-7-14(22)17(16)18)19(26)24-11-4-6-13(21)15(23)10-11;17-22-13-5-6-24-15-9(2-4-11(19)14(13)15)16(23)21-8-1-3-10(18)12(20)7-8/h4-7,10,16,25H,8-9H2,1-3H3,(H,24,26);1-4,7,13,22H,5-6H2,(H,21,23)/t16?,29-;/m0./s1. The van der Waals surface area contributed by atoms with E-state index in [0.717, 1.165) is 24.3 Å². The molecule has 0 spiro atoms. The number of fused-ring (bicyclic) bond motifs is 2.